The van der Waals surface area contributed by atoms with Crippen molar-refractivity contribution in [3.05, 3.63) is 47.7 Å². The molecule has 0 radical (unpaired) electrons. The first-order valence-electron chi connectivity index (χ1n) is 6.21. The number of furan rings is 1. The summed E-state index contributed by atoms with van der Waals surface area (Å²) >= 11 is 0. The second-order valence-corrected chi connectivity index (χ2v) is 4.21. The lowest BCUT2D eigenvalue weighted by molar-refractivity contribution is -0.214. The number of nitrogens with zero attached hydrogens (tertiary/aromatic N) is 4. The standard InChI is InChI=1S/C13H11N7O2/c14-12(21)9-3-1-8(2-4-9)11-6-5-10(22-11)7-15-16-13-17-19-20-18-13/h1-7H,(H2,14,21)(H2,16,17,18,19,20)/p-1/b15-7-. The first-order chi connectivity index (χ1) is 10.7. The molecule has 3 rings (SSSR count). The Kier molecular flexibility index (Phi) is 3.60. The summed E-state index contributed by atoms with van der Waals surface area (Å²) < 4.78 is 5.60. The van der Waals surface area contributed by atoms with Crippen molar-refractivity contribution < 1.29 is 9.52 Å². The predicted molar refractivity (Wildman–Crippen MR) is 76.4 cm³/mol. The smallest absolute Gasteiger partial charge is 0.283 e. The van der Waals surface area contributed by atoms with Crippen molar-refractivity contribution in [1.29, 1.82) is 5.41 Å². The van der Waals surface area contributed by atoms with E-state index in [0.29, 0.717) is 17.1 Å². The highest BCUT2D eigenvalue weighted by Gasteiger charge is 2.03. The van der Waals surface area contributed by atoms with Gasteiger partial charge in [0, 0.05) is 5.56 Å². The number of aromatic nitrogens is 4. The molecular formula is C13H10N7O2-. The second-order valence-electron chi connectivity index (χ2n) is 4.21. The van der Waals surface area contributed by atoms with Crippen molar-refractivity contribution in [2.24, 2.45) is 5.10 Å². The van der Waals surface area contributed by atoms with Crippen molar-refractivity contribution >= 4 is 18.1 Å². The highest BCUT2D eigenvalue weighted by Crippen LogP contribution is 2.21. The fraction of sp³-hybridized carbons (Fsp3) is 0. The molecule has 110 valence electrons. The molecule has 0 fully saturated rings. The monoisotopic (exact) mass is 296 g/mol. The van der Waals surface area contributed by atoms with Crippen LogP contribution in [-0.4, -0.2) is 32.7 Å². The highest BCUT2D eigenvalue weighted by atomic mass is 16.3. The maximum Gasteiger partial charge on any atom is 0.283 e. The lowest BCUT2D eigenvalue weighted by Gasteiger charge is -2.07. The van der Waals surface area contributed by atoms with E-state index in [4.69, 9.17) is 9.83 Å². The van der Waals surface area contributed by atoms with Gasteiger partial charge in [0.2, 0.25) is 0 Å². The zero-order valence-electron chi connectivity index (χ0n) is 11.1. The normalized spacial score (nSPS) is 10.9. The Morgan fingerprint density at radius 2 is 2.09 bits per heavy atom. The van der Waals surface area contributed by atoms with Gasteiger partial charge in [0.25, 0.3) is 5.95 Å². The summed E-state index contributed by atoms with van der Waals surface area (Å²) in [6.07, 6.45) is 1.47. The molecule has 0 amide bonds. The van der Waals surface area contributed by atoms with Gasteiger partial charge in [-0.2, -0.15) is 10.3 Å². The van der Waals surface area contributed by atoms with E-state index in [1.807, 2.05) is 0 Å². The molecule has 22 heavy (non-hydrogen) atoms. The predicted octanol–water partition coefficient (Wildman–Crippen LogP) is 0.591. The highest BCUT2D eigenvalue weighted by molar-refractivity contribution is 5.88. The second kappa shape index (κ2) is 5.87. The van der Waals surface area contributed by atoms with Gasteiger partial charge in [-0.05, 0) is 28.8 Å². The third-order valence-corrected chi connectivity index (χ3v) is 2.76. The van der Waals surface area contributed by atoms with Gasteiger partial charge in [-0.3, -0.25) is 0 Å². The van der Waals surface area contributed by atoms with Gasteiger partial charge < -0.3 is 14.9 Å². The summed E-state index contributed by atoms with van der Waals surface area (Å²) in [5.74, 6) is 0.696. The van der Waals surface area contributed by atoms with Gasteiger partial charge >= 0.3 is 0 Å². The third-order valence-electron chi connectivity index (χ3n) is 2.76. The number of H-pyrrole nitrogens is 1. The van der Waals surface area contributed by atoms with Crippen LogP contribution in [0.15, 0.2) is 45.9 Å². The molecule has 0 aliphatic carbocycles. The van der Waals surface area contributed by atoms with E-state index in [1.54, 1.807) is 36.4 Å². The zero-order valence-corrected chi connectivity index (χ0v) is 11.1. The van der Waals surface area contributed by atoms with Crippen LogP contribution in [0.5, 0.6) is 0 Å². The first kappa shape index (κ1) is 13.5. The topological polar surface area (TPSA) is 139 Å². The van der Waals surface area contributed by atoms with Gasteiger partial charge in [-0.25, -0.2) is 5.43 Å². The number of hydrazone groups is 1. The number of tetrazole rings is 1. The van der Waals surface area contributed by atoms with E-state index in [-0.39, 0.29) is 5.95 Å². The molecule has 2 heterocycles. The average molecular weight is 296 g/mol. The van der Waals surface area contributed by atoms with Crippen molar-refractivity contribution in [3.63, 3.8) is 0 Å². The van der Waals surface area contributed by atoms with Crippen LogP contribution in [0.25, 0.3) is 11.3 Å². The maximum absolute atomic E-state index is 10.9. The number of aromatic amines is 1. The van der Waals surface area contributed by atoms with Crippen LogP contribution < -0.4 is 10.5 Å². The van der Waals surface area contributed by atoms with Crippen LogP contribution in [0.2, 0.25) is 0 Å². The number of hydrogen-bond acceptors (Lipinski definition) is 8. The van der Waals surface area contributed by atoms with Crippen LogP contribution in [-0.2, 0) is 0 Å². The minimum absolute atomic E-state index is 0.249. The SMILES string of the molecule is N=C([O-])c1ccc(-c2ccc(/C=N\Nc3nn[nH]n3)o2)cc1. The summed E-state index contributed by atoms with van der Waals surface area (Å²) in [6, 6.07) is 10.1. The van der Waals surface area contributed by atoms with Gasteiger partial charge in [0.15, 0.2) is 0 Å². The van der Waals surface area contributed by atoms with E-state index >= 15 is 0 Å². The quantitative estimate of drug-likeness (QED) is 0.358. The summed E-state index contributed by atoms with van der Waals surface area (Å²) in [5, 5.41) is 34.9. The number of hydrogen-bond donors (Lipinski definition) is 3. The van der Waals surface area contributed by atoms with Crippen LogP contribution in [0.4, 0.5) is 5.95 Å². The molecule has 9 nitrogen and oxygen atoms in total. The number of nitrogens with one attached hydrogen (secondary N) is 3. The average Bonchev–Trinajstić information content (AvgIpc) is 3.19. The van der Waals surface area contributed by atoms with Gasteiger partial charge in [-0.15, -0.1) is 5.10 Å². The molecule has 3 aromatic rings. The molecule has 0 unspecified atom stereocenters. The Labute approximate surface area is 124 Å². The van der Waals surface area contributed by atoms with E-state index < -0.39 is 5.90 Å². The molecular weight excluding hydrogens is 286 g/mol. The minimum atomic E-state index is -0.716. The van der Waals surface area contributed by atoms with Crippen molar-refractivity contribution in [2.75, 3.05) is 5.43 Å². The fourth-order valence-electron chi connectivity index (χ4n) is 1.73. The fourth-order valence-corrected chi connectivity index (χ4v) is 1.73. The molecule has 0 saturated carbocycles. The van der Waals surface area contributed by atoms with Crippen molar-refractivity contribution in [1.82, 2.24) is 20.6 Å². The van der Waals surface area contributed by atoms with Gasteiger partial charge in [0.05, 0.1) is 6.21 Å². The maximum atomic E-state index is 10.9. The van der Waals surface area contributed by atoms with Gasteiger partial charge in [-0.1, -0.05) is 29.4 Å². The largest absolute Gasteiger partial charge is 0.859 e. The molecule has 2 aromatic heterocycles. The summed E-state index contributed by atoms with van der Waals surface area (Å²) in [4.78, 5) is 0. The number of anilines is 1. The Balaban J connectivity index is 1.70. The minimum Gasteiger partial charge on any atom is -0.859 e. The van der Waals surface area contributed by atoms with Gasteiger partial charge in [0.1, 0.15) is 11.5 Å². The molecule has 0 atom stereocenters. The van der Waals surface area contributed by atoms with Crippen LogP contribution in [0, 0.1) is 5.41 Å². The first-order valence-corrected chi connectivity index (χ1v) is 6.21. The molecule has 0 spiro atoms. The Hall–Kier alpha value is -3.49. The molecule has 0 aliphatic rings. The zero-order chi connectivity index (χ0) is 15.4. The van der Waals surface area contributed by atoms with Crippen molar-refractivity contribution in [2.45, 2.75) is 0 Å². The van der Waals surface area contributed by atoms with E-state index in [0.717, 1.165) is 5.56 Å². The van der Waals surface area contributed by atoms with Crippen LogP contribution in [0.3, 0.4) is 0 Å². The molecule has 0 saturated heterocycles. The summed E-state index contributed by atoms with van der Waals surface area (Å²) in [7, 11) is 0. The van der Waals surface area contributed by atoms with Crippen LogP contribution >= 0.6 is 0 Å². The van der Waals surface area contributed by atoms with E-state index in [2.05, 4.69) is 31.2 Å². The molecule has 1 aromatic carbocycles. The molecule has 0 aliphatic heterocycles. The Bertz CT molecular complexity index is 790. The van der Waals surface area contributed by atoms with Crippen LogP contribution in [0.1, 0.15) is 11.3 Å². The number of benzene rings is 1. The van der Waals surface area contributed by atoms with Crippen molar-refractivity contribution in [3.8, 4) is 11.3 Å². The number of rotatable bonds is 5. The molecule has 3 N–H and O–H groups in total. The lowest BCUT2D eigenvalue weighted by Crippen LogP contribution is -2.16. The molecule has 9 heteroatoms. The Morgan fingerprint density at radius 1 is 1.27 bits per heavy atom. The third kappa shape index (κ3) is 2.98. The van der Waals surface area contributed by atoms with E-state index in [1.165, 1.54) is 6.21 Å². The Morgan fingerprint density at radius 3 is 2.77 bits per heavy atom. The van der Waals surface area contributed by atoms with E-state index in [9.17, 15) is 5.11 Å². The summed E-state index contributed by atoms with van der Waals surface area (Å²) in [6.45, 7) is 0. The summed E-state index contributed by atoms with van der Waals surface area (Å²) in [5.41, 5.74) is 3.71. The lowest BCUT2D eigenvalue weighted by atomic mass is 10.1. The molecule has 0 bridgehead atoms.